The van der Waals surface area contributed by atoms with Gasteiger partial charge >= 0.3 is 13.8 Å². The van der Waals surface area contributed by atoms with Gasteiger partial charge in [-0.15, -0.1) is 0 Å². The van der Waals surface area contributed by atoms with E-state index in [1.165, 1.54) is 186 Å². The number of ether oxygens (including phenoxy) is 1. The zero-order valence-electron chi connectivity index (χ0n) is 54.9. The standard InChI is InChI=1S/C73H131N2O7P/c1-7-10-13-16-19-22-25-27-29-31-33-34-35-36-37-38-39-40-42-43-45-47-50-53-56-59-62-65-72(76)74-70(69-81-83(78,79)80-68-67-75(4,5)6)71(64-61-58-55-52-49-24-21-18-15-12-9-3)82-73(77)66-63-60-57-54-51-48-46-44-41-32-30-28-26-23-20-17-14-11-8-2/h11,14,20,23,27-30,41,44,48,51,57,60-61,64,70-71H,7-10,12-13,15-19,21-22,24-26,31-40,42-43,45-47,49-50,52-56,58-59,62-63,65-69H2,1-6H3,(H-,74,76,78,79)/p+1/b14-11-,23-20-,29-27+,30-28-,44-41-,51-48-,60-57-,64-61-. The van der Waals surface area contributed by atoms with Gasteiger partial charge in [-0.2, -0.15) is 0 Å². The number of phosphoric ester groups is 1. The summed E-state index contributed by atoms with van der Waals surface area (Å²) in [5, 5.41) is 3.04. The van der Waals surface area contributed by atoms with Crippen LogP contribution in [0, 0.1) is 0 Å². The topological polar surface area (TPSA) is 111 Å². The Morgan fingerprint density at radius 2 is 0.783 bits per heavy atom. The Morgan fingerprint density at radius 3 is 1.18 bits per heavy atom. The van der Waals surface area contributed by atoms with Crippen LogP contribution in [0.25, 0.3) is 0 Å². The molecule has 0 spiro atoms. The normalized spacial score (nSPS) is 14.2. The molecule has 0 saturated carbocycles. The Morgan fingerprint density at radius 1 is 0.434 bits per heavy atom. The molecule has 0 aliphatic rings. The van der Waals surface area contributed by atoms with Gasteiger partial charge < -0.3 is 19.4 Å². The van der Waals surface area contributed by atoms with Gasteiger partial charge in [-0.25, -0.2) is 4.57 Å². The highest BCUT2D eigenvalue weighted by molar-refractivity contribution is 7.47. The second-order valence-corrected chi connectivity index (χ2v) is 25.8. The maximum absolute atomic E-state index is 13.6. The van der Waals surface area contributed by atoms with E-state index in [0.29, 0.717) is 23.9 Å². The number of allylic oxidation sites excluding steroid dienone is 15. The summed E-state index contributed by atoms with van der Waals surface area (Å²) in [4.78, 5) is 37.8. The molecule has 0 aromatic carbocycles. The van der Waals surface area contributed by atoms with E-state index in [0.717, 1.165) is 77.0 Å². The number of carbonyl (C=O) groups excluding carboxylic acids is 2. The summed E-state index contributed by atoms with van der Waals surface area (Å²) in [5.74, 6) is -0.599. The van der Waals surface area contributed by atoms with Crippen molar-refractivity contribution in [3.8, 4) is 0 Å². The van der Waals surface area contributed by atoms with Gasteiger partial charge in [-0.1, -0.05) is 292 Å². The van der Waals surface area contributed by atoms with Crippen molar-refractivity contribution in [1.29, 1.82) is 0 Å². The first kappa shape index (κ1) is 79.9. The first-order valence-corrected chi connectivity index (χ1v) is 36.1. The van der Waals surface area contributed by atoms with E-state index in [1.807, 2.05) is 39.4 Å². The van der Waals surface area contributed by atoms with Crippen LogP contribution in [0.2, 0.25) is 0 Å². The largest absolute Gasteiger partial charge is 0.472 e. The molecule has 480 valence electrons. The number of phosphoric acid groups is 1. The van der Waals surface area contributed by atoms with Crippen molar-refractivity contribution in [2.75, 3.05) is 40.9 Å². The number of quaternary nitrogens is 1. The zero-order chi connectivity index (χ0) is 60.7. The van der Waals surface area contributed by atoms with Gasteiger partial charge in [0, 0.05) is 12.8 Å². The molecule has 0 rings (SSSR count). The van der Waals surface area contributed by atoms with E-state index in [4.69, 9.17) is 13.8 Å². The Bertz CT molecular complexity index is 1740. The van der Waals surface area contributed by atoms with Crippen molar-refractivity contribution in [2.45, 2.75) is 315 Å². The van der Waals surface area contributed by atoms with Crippen molar-refractivity contribution >= 4 is 19.7 Å². The molecule has 10 heteroatoms. The fraction of sp³-hybridized carbons (Fsp3) is 0.753. The SMILES string of the molecule is CC/C=C\C/C=C\C/C=C\C/C=C\C/C=C\C/C=C\CCC(=O)OC(/C=C\CCCCCCCCCCC)C(COP(=O)(O)OCC[N+](C)(C)C)NC(=O)CCCCCCCCCCCCCCCCCCC/C=C/CCCCCCCC. The number of likely N-dealkylation sites (N-methyl/N-ethyl adjacent to an activating group) is 1. The zero-order valence-corrected chi connectivity index (χ0v) is 55.8. The maximum atomic E-state index is 13.6. The Hall–Kier alpha value is -3.07. The molecule has 0 aromatic heterocycles. The van der Waals surface area contributed by atoms with Crippen molar-refractivity contribution < 1.29 is 37.3 Å². The van der Waals surface area contributed by atoms with Gasteiger partial charge in [0.15, 0.2) is 0 Å². The number of unbranched alkanes of at least 4 members (excludes halogenated alkanes) is 32. The Labute approximate surface area is 513 Å². The molecule has 0 aliphatic carbocycles. The van der Waals surface area contributed by atoms with Gasteiger partial charge in [-0.05, 0) is 96.0 Å². The third-order valence-corrected chi connectivity index (χ3v) is 16.0. The van der Waals surface area contributed by atoms with Crippen LogP contribution in [0.3, 0.4) is 0 Å². The van der Waals surface area contributed by atoms with Crippen molar-refractivity contribution in [1.82, 2.24) is 5.32 Å². The summed E-state index contributed by atoms with van der Waals surface area (Å²) in [6, 6.07) is -0.883. The summed E-state index contributed by atoms with van der Waals surface area (Å²) in [6.07, 6.45) is 84.5. The molecule has 1 amide bonds. The monoisotopic (exact) mass is 1180 g/mol. The molecular weight excluding hydrogens is 1050 g/mol. The van der Waals surface area contributed by atoms with Crippen LogP contribution in [0.1, 0.15) is 303 Å². The summed E-state index contributed by atoms with van der Waals surface area (Å²) < 4.78 is 30.7. The molecular formula is C73H132N2O7P+. The lowest BCUT2D eigenvalue weighted by Crippen LogP contribution is -2.47. The molecule has 0 heterocycles. The van der Waals surface area contributed by atoms with Crippen molar-refractivity contribution in [3.63, 3.8) is 0 Å². The fourth-order valence-corrected chi connectivity index (χ4v) is 10.5. The Balaban J connectivity index is 5.08. The van der Waals surface area contributed by atoms with E-state index in [2.05, 4.69) is 105 Å². The molecule has 83 heavy (non-hydrogen) atoms. The summed E-state index contributed by atoms with van der Waals surface area (Å²) in [5.41, 5.74) is 0. The average Bonchev–Trinajstić information content (AvgIpc) is 3.51. The van der Waals surface area contributed by atoms with Crippen LogP contribution in [0.4, 0.5) is 0 Å². The number of rotatable bonds is 62. The average molecular weight is 1180 g/mol. The minimum Gasteiger partial charge on any atom is -0.456 e. The number of esters is 1. The van der Waals surface area contributed by atoms with Crippen LogP contribution < -0.4 is 5.32 Å². The highest BCUT2D eigenvalue weighted by Crippen LogP contribution is 2.43. The summed E-state index contributed by atoms with van der Waals surface area (Å²) in [7, 11) is 1.46. The van der Waals surface area contributed by atoms with Gasteiger partial charge in [0.2, 0.25) is 5.91 Å². The van der Waals surface area contributed by atoms with Crippen LogP contribution in [0.5, 0.6) is 0 Å². The number of hydrogen-bond donors (Lipinski definition) is 2. The number of carbonyl (C=O) groups is 2. The predicted octanol–water partition coefficient (Wildman–Crippen LogP) is 21.9. The lowest BCUT2D eigenvalue weighted by molar-refractivity contribution is -0.870. The number of amides is 1. The molecule has 0 aliphatic heterocycles. The molecule has 9 nitrogen and oxygen atoms in total. The lowest BCUT2D eigenvalue weighted by atomic mass is 10.0. The third-order valence-electron chi connectivity index (χ3n) is 15.0. The van der Waals surface area contributed by atoms with E-state index >= 15 is 0 Å². The summed E-state index contributed by atoms with van der Waals surface area (Å²) in [6.45, 7) is 6.86. The van der Waals surface area contributed by atoms with E-state index in [9.17, 15) is 19.0 Å². The first-order valence-electron chi connectivity index (χ1n) is 34.6. The molecule has 0 aromatic rings. The first-order chi connectivity index (χ1) is 40.4. The number of nitrogens with zero attached hydrogens (tertiary/aromatic N) is 1. The van der Waals surface area contributed by atoms with Crippen LogP contribution in [-0.2, 0) is 27.9 Å². The number of hydrogen-bond acceptors (Lipinski definition) is 6. The van der Waals surface area contributed by atoms with Crippen LogP contribution in [-0.4, -0.2) is 74.3 Å². The number of nitrogens with one attached hydrogen (secondary N) is 1. The lowest BCUT2D eigenvalue weighted by Gasteiger charge is -2.27. The van der Waals surface area contributed by atoms with E-state index < -0.39 is 25.9 Å². The highest BCUT2D eigenvalue weighted by atomic mass is 31.2. The minimum atomic E-state index is -4.47. The van der Waals surface area contributed by atoms with Crippen molar-refractivity contribution in [2.24, 2.45) is 0 Å². The van der Waals surface area contributed by atoms with Crippen LogP contribution >= 0.6 is 7.82 Å². The summed E-state index contributed by atoms with van der Waals surface area (Å²) >= 11 is 0. The van der Waals surface area contributed by atoms with E-state index in [1.54, 1.807) is 0 Å². The molecule has 3 atom stereocenters. The second kappa shape index (κ2) is 62.0. The van der Waals surface area contributed by atoms with Gasteiger partial charge in [-0.3, -0.25) is 18.6 Å². The molecule has 0 saturated heterocycles. The van der Waals surface area contributed by atoms with Gasteiger partial charge in [0.05, 0.1) is 33.8 Å². The Kier molecular flexibility index (Phi) is 59.7. The predicted molar refractivity (Wildman–Crippen MR) is 360 cm³/mol. The maximum Gasteiger partial charge on any atom is 0.472 e. The van der Waals surface area contributed by atoms with Gasteiger partial charge in [0.1, 0.15) is 19.3 Å². The highest BCUT2D eigenvalue weighted by Gasteiger charge is 2.30. The quantitative estimate of drug-likeness (QED) is 0.0205. The van der Waals surface area contributed by atoms with E-state index in [-0.39, 0.29) is 25.5 Å². The molecule has 0 bridgehead atoms. The van der Waals surface area contributed by atoms with Gasteiger partial charge in [0.25, 0.3) is 0 Å². The molecule has 2 N–H and O–H groups in total. The van der Waals surface area contributed by atoms with Crippen LogP contribution in [0.15, 0.2) is 97.2 Å². The smallest absolute Gasteiger partial charge is 0.456 e. The fourth-order valence-electron chi connectivity index (χ4n) is 9.73. The molecule has 3 unspecified atom stereocenters. The second-order valence-electron chi connectivity index (χ2n) is 24.3. The molecule has 0 fully saturated rings. The minimum absolute atomic E-state index is 0.0261. The third kappa shape index (κ3) is 63.3. The van der Waals surface area contributed by atoms with Crippen molar-refractivity contribution in [3.05, 3.63) is 97.2 Å². The molecule has 0 radical (unpaired) electrons.